The fraction of sp³-hybridized carbons (Fsp3) is 0.500. The van der Waals surface area contributed by atoms with Crippen LogP contribution in [0.1, 0.15) is 19.8 Å². The molecule has 0 aromatic carbocycles. The predicted molar refractivity (Wildman–Crippen MR) is 58.7 cm³/mol. The molecule has 0 aliphatic carbocycles. The second kappa shape index (κ2) is 5.76. The second-order valence-electron chi connectivity index (χ2n) is 3.44. The molecular formula is C12H19N. The fourth-order valence-corrected chi connectivity index (χ4v) is 1.71. The van der Waals surface area contributed by atoms with Crippen molar-refractivity contribution in [3.8, 4) is 0 Å². The van der Waals surface area contributed by atoms with Crippen molar-refractivity contribution >= 4 is 0 Å². The molecule has 1 atom stereocenters. The van der Waals surface area contributed by atoms with Gasteiger partial charge in [0.15, 0.2) is 0 Å². The summed E-state index contributed by atoms with van der Waals surface area (Å²) in [6, 6.07) is 0. The van der Waals surface area contributed by atoms with Gasteiger partial charge >= 0.3 is 0 Å². The second-order valence-corrected chi connectivity index (χ2v) is 3.44. The van der Waals surface area contributed by atoms with Crippen molar-refractivity contribution in [1.29, 1.82) is 0 Å². The van der Waals surface area contributed by atoms with Crippen LogP contribution in [0.4, 0.5) is 0 Å². The Morgan fingerprint density at radius 1 is 1.54 bits per heavy atom. The molecule has 0 saturated carbocycles. The van der Waals surface area contributed by atoms with Crippen molar-refractivity contribution in [1.82, 2.24) is 5.32 Å². The third-order valence-electron chi connectivity index (χ3n) is 2.49. The van der Waals surface area contributed by atoms with Gasteiger partial charge in [0.1, 0.15) is 0 Å². The minimum atomic E-state index is 0.669. The zero-order valence-electron chi connectivity index (χ0n) is 8.42. The molecule has 1 heterocycles. The molecule has 0 radical (unpaired) electrons. The average Bonchev–Trinajstić information content (AvgIpc) is 2.21. The molecule has 1 aliphatic heterocycles. The molecule has 0 spiro atoms. The van der Waals surface area contributed by atoms with Gasteiger partial charge in [0.2, 0.25) is 0 Å². The van der Waals surface area contributed by atoms with E-state index in [1.807, 2.05) is 13.0 Å². The number of hydrogen-bond donors (Lipinski definition) is 1. The summed E-state index contributed by atoms with van der Waals surface area (Å²) in [6.45, 7) is 8.17. The van der Waals surface area contributed by atoms with E-state index < -0.39 is 0 Å². The molecule has 1 aliphatic rings. The molecule has 0 bridgehead atoms. The van der Waals surface area contributed by atoms with Gasteiger partial charge < -0.3 is 5.32 Å². The van der Waals surface area contributed by atoms with Gasteiger partial charge in [-0.1, -0.05) is 30.9 Å². The lowest BCUT2D eigenvalue weighted by Crippen LogP contribution is -2.30. The van der Waals surface area contributed by atoms with Crippen molar-refractivity contribution < 1.29 is 0 Å². The predicted octanol–water partition coefficient (Wildman–Crippen LogP) is 2.67. The first kappa shape index (κ1) is 10.3. The van der Waals surface area contributed by atoms with E-state index >= 15 is 0 Å². The molecule has 0 aromatic heterocycles. The minimum absolute atomic E-state index is 0.669. The topological polar surface area (TPSA) is 12.0 Å². The number of allylic oxidation sites excluding steroid dienone is 4. The van der Waals surface area contributed by atoms with Crippen LogP contribution in [-0.2, 0) is 0 Å². The van der Waals surface area contributed by atoms with E-state index in [2.05, 4.69) is 30.1 Å². The van der Waals surface area contributed by atoms with Crippen molar-refractivity contribution in [2.75, 3.05) is 13.1 Å². The summed E-state index contributed by atoms with van der Waals surface area (Å²) in [4.78, 5) is 0. The Morgan fingerprint density at radius 2 is 2.38 bits per heavy atom. The Morgan fingerprint density at radius 3 is 2.92 bits per heavy atom. The molecule has 1 rings (SSSR count). The van der Waals surface area contributed by atoms with Crippen molar-refractivity contribution in [3.05, 3.63) is 36.5 Å². The van der Waals surface area contributed by atoms with Crippen LogP contribution in [0.2, 0.25) is 0 Å². The first-order valence-corrected chi connectivity index (χ1v) is 5.04. The third kappa shape index (κ3) is 3.19. The molecule has 72 valence electrons. The summed E-state index contributed by atoms with van der Waals surface area (Å²) >= 11 is 0. The summed E-state index contributed by atoms with van der Waals surface area (Å²) in [6.07, 6.45) is 10.9. The van der Waals surface area contributed by atoms with Crippen LogP contribution in [0.15, 0.2) is 36.5 Å². The standard InChI is InChI=1S/C12H19N/c1-3-5-7-11(4-2)12-8-6-9-13-10-12/h3-5,7,12-13H,2,6,8-10H2,1H3/b5-3-,11-7+. The van der Waals surface area contributed by atoms with E-state index in [1.165, 1.54) is 25.0 Å². The van der Waals surface area contributed by atoms with Crippen molar-refractivity contribution in [2.24, 2.45) is 5.92 Å². The Labute approximate surface area is 81.2 Å². The molecule has 0 amide bonds. The first-order valence-electron chi connectivity index (χ1n) is 5.04. The molecule has 1 saturated heterocycles. The van der Waals surface area contributed by atoms with Crippen LogP contribution in [0.25, 0.3) is 0 Å². The molecule has 1 fully saturated rings. The van der Waals surface area contributed by atoms with E-state index in [4.69, 9.17) is 0 Å². The normalized spacial score (nSPS) is 25.0. The van der Waals surface area contributed by atoms with E-state index in [0.717, 1.165) is 6.54 Å². The maximum atomic E-state index is 3.86. The van der Waals surface area contributed by atoms with Crippen LogP contribution in [0.3, 0.4) is 0 Å². The van der Waals surface area contributed by atoms with Crippen LogP contribution in [0, 0.1) is 5.92 Å². The van der Waals surface area contributed by atoms with Crippen molar-refractivity contribution in [3.63, 3.8) is 0 Å². The lowest BCUT2D eigenvalue weighted by Gasteiger charge is -2.23. The van der Waals surface area contributed by atoms with Crippen LogP contribution in [0.5, 0.6) is 0 Å². The number of piperidine rings is 1. The van der Waals surface area contributed by atoms with Gasteiger partial charge in [-0.25, -0.2) is 0 Å². The number of nitrogens with one attached hydrogen (secondary N) is 1. The lowest BCUT2D eigenvalue weighted by atomic mass is 9.91. The van der Waals surface area contributed by atoms with Gasteiger partial charge in [-0.3, -0.25) is 0 Å². The van der Waals surface area contributed by atoms with Crippen molar-refractivity contribution in [2.45, 2.75) is 19.8 Å². The largest absolute Gasteiger partial charge is 0.316 e. The molecule has 1 N–H and O–H groups in total. The van der Waals surface area contributed by atoms with Gasteiger partial charge in [0.05, 0.1) is 0 Å². The summed E-state index contributed by atoms with van der Waals surface area (Å²) in [5.41, 5.74) is 1.37. The monoisotopic (exact) mass is 177 g/mol. The Hall–Kier alpha value is -0.820. The zero-order valence-corrected chi connectivity index (χ0v) is 8.42. The van der Waals surface area contributed by atoms with Gasteiger partial charge in [0, 0.05) is 6.54 Å². The number of rotatable bonds is 3. The van der Waals surface area contributed by atoms with E-state index in [-0.39, 0.29) is 0 Å². The molecule has 1 nitrogen and oxygen atoms in total. The highest BCUT2D eigenvalue weighted by atomic mass is 14.9. The summed E-state index contributed by atoms with van der Waals surface area (Å²) in [7, 11) is 0. The quantitative estimate of drug-likeness (QED) is 0.653. The number of hydrogen-bond acceptors (Lipinski definition) is 1. The summed E-state index contributed by atoms with van der Waals surface area (Å²) < 4.78 is 0. The highest BCUT2D eigenvalue weighted by Gasteiger charge is 2.14. The van der Waals surface area contributed by atoms with E-state index in [0.29, 0.717) is 5.92 Å². The highest BCUT2D eigenvalue weighted by Crippen LogP contribution is 2.20. The maximum absolute atomic E-state index is 3.86. The smallest absolute Gasteiger partial charge is 0.00201 e. The Bertz CT molecular complexity index is 207. The molecule has 13 heavy (non-hydrogen) atoms. The zero-order chi connectivity index (χ0) is 9.52. The highest BCUT2D eigenvalue weighted by molar-refractivity contribution is 5.25. The summed E-state index contributed by atoms with van der Waals surface area (Å²) in [5.74, 6) is 0.669. The van der Waals surface area contributed by atoms with Crippen LogP contribution >= 0.6 is 0 Å². The van der Waals surface area contributed by atoms with Crippen LogP contribution in [-0.4, -0.2) is 13.1 Å². The molecule has 0 aromatic rings. The lowest BCUT2D eigenvalue weighted by molar-refractivity contribution is 0.427. The van der Waals surface area contributed by atoms with Gasteiger partial charge in [-0.2, -0.15) is 0 Å². The van der Waals surface area contributed by atoms with E-state index in [9.17, 15) is 0 Å². The third-order valence-corrected chi connectivity index (χ3v) is 2.49. The van der Waals surface area contributed by atoms with Gasteiger partial charge in [-0.05, 0) is 37.8 Å². The first-order chi connectivity index (χ1) is 6.38. The van der Waals surface area contributed by atoms with Crippen LogP contribution < -0.4 is 5.32 Å². The molecule has 1 unspecified atom stereocenters. The molecule has 1 heteroatoms. The van der Waals surface area contributed by atoms with Gasteiger partial charge in [0.25, 0.3) is 0 Å². The Balaban J connectivity index is 2.58. The van der Waals surface area contributed by atoms with Gasteiger partial charge in [-0.15, -0.1) is 0 Å². The Kier molecular flexibility index (Phi) is 4.55. The average molecular weight is 177 g/mol. The SMILES string of the molecule is C=C/C(=C\C=C/C)C1CCCNC1. The maximum Gasteiger partial charge on any atom is 0.00201 e. The molecular weight excluding hydrogens is 158 g/mol. The van der Waals surface area contributed by atoms with E-state index in [1.54, 1.807) is 0 Å². The summed E-state index contributed by atoms with van der Waals surface area (Å²) in [5, 5.41) is 3.41. The minimum Gasteiger partial charge on any atom is -0.316 e. The fourth-order valence-electron chi connectivity index (χ4n) is 1.71.